The third-order valence-electron chi connectivity index (χ3n) is 2.81. The van der Waals surface area contributed by atoms with Gasteiger partial charge in [0, 0.05) is 13.1 Å². The van der Waals surface area contributed by atoms with Crippen molar-refractivity contribution in [1.29, 1.82) is 0 Å². The first-order valence-electron chi connectivity index (χ1n) is 6.59. The Morgan fingerprint density at radius 2 is 1.86 bits per heavy atom. The second-order valence-electron chi connectivity index (χ2n) is 4.17. The Bertz CT molecular complexity index is 508. The van der Waals surface area contributed by atoms with E-state index in [9.17, 15) is 14.4 Å². The second-order valence-corrected chi connectivity index (χ2v) is 4.17. The monoisotopic (exact) mass is 297 g/mol. The molecule has 3 amide bonds. The molecule has 0 unspecified atom stereocenters. The highest BCUT2D eigenvalue weighted by atomic mass is 16.4. The Hall–Kier alpha value is -2.51. The molecule has 0 fully saturated rings. The van der Waals surface area contributed by atoms with Crippen LogP contribution in [0.1, 0.15) is 30.2 Å². The molecule has 0 aliphatic heterocycles. The fourth-order valence-electron chi connectivity index (χ4n) is 1.66. The zero-order chi connectivity index (χ0) is 15.8. The van der Waals surface area contributed by atoms with E-state index in [1.165, 1.54) is 12.1 Å². The predicted octanol–water partition coefficient (Wildman–Crippen LogP) is 0.645. The minimum absolute atomic E-state index is 0.0403. The van der Waals surface area contributed by atoms with Gasteiger partial charge < -0.3 is 25.1 Å². The zero-order valence-corrected chi connectivity index (χ0v) is 12.0. The summed E-state index contributed by atoms with van der Waals surface area (Å²) in [4.78, 5) is 35.4. The van der Waals surface area contributed by atoms with E-state index in [2.05, 4.69) is 10.6 Å². The van der Waals surface area contributed by atoms with Gasteiger partial charge in [0.05, 0.1) is 13.1 Å². The number of carboxylic acid groups (broad SMARTS) is 1. The number of hydrogen-bond acceptors (Lipinski definition) is 4. The molecule has 0 aliphatic carbocycles. The fourth-order valence-corrected chi connectivity index (χ4v) is 1.66. The van der Waals surface area contributed by atoms with E-state index in [0.29, 0.717) is 18.8 Å². The van der Waals surface area contributed by atoms with Gasteiger partial charge in [-0.1, -0.05) is 0 Å². The minimum Gasteiger partial charge on any atom is -0.475 e. The lowest BCUT2D eigenvalue weighted by Crippen LogP contribution is -2.43. The molecule has 21 heavy (non-hydrogen) atoms. The van der Waals surface area contributed by atoms with Gasteiger partial charge in [0.2, 0.25) is 11.7 Å². The summed E-state index contributed by atoms with van der Waals surface area (Å²) in [6, 6.07) is 2.25. The molecular weight excluding hydrogens is 278 g/mol. The lowest BCUT2D eigenvalue weighted by molar-refractivity contribution is -0.129. The van der Waals surface area contributed by atoms with Crippen LogP contribution in [-0.2, 0) is 11.3 Å². The van der Waals surface area contributed by atoms with Crippen LogP contribution in [0.2, 0.25) is 0 Å². The van der Waals surface area contributed by atoms with Crippen LogP contribution in [0.5, 0.6) is 0 Å². The predicted molar refractivity (Wildman–Crippen MR) is 73.8 cm³/mol. The van der Waals surface area contributed by atoms with Crippen molar-refractivity contribution in [2.45, 2.75) is 20.4 Å². The van der Waals surface area contributed by atoms with Crippen molar-refractivity contribution in [3.05, 3.63) is 23.7 Å². The summed E-state index contributed by atoms with van der Waals surface area (Å²) in [5.74, 6) is -1.21. The van der Waals surface area contributed by atoms with E-state index in [1.54, 1.807) is 4.90 Å². The van der Waals surface area contributed by atoms with Crippen LogP contribution in [0.15, 0.2) is 16.5 Å². The normalized spacial score (nSPS) is 10.0. The van der Waals surface area contributed by atoms with E-state index in [-0.39, 0.29) is 24.8 Å². The fraction of sp³-hybridized carbons (Fsp3) is 0.462. The Morgan fingerprint density at radius 3 is 2.38 bits per heavy atom. The minimum atomic E-state index is -1.17. The number of nitrogens with zero attached hydrogens (tertiary/aromatic N) is 1. The van der Waals surface area contributed by atoms with Crippen molar-refractivity contribution >= 4 is 17.9 Å². The summed E-state index contributed by atoms with van der Waals surface area (Å²) in [6.07, 6.45) is 0. The summed E-state index contributed by atoms with van der Waals surface area (Å²) >= 11 is 0. The van der Waals surface area contributed by atoms with Crippen LogP contribution in [-0.4, -0.2) is 47.5 Å². The molecular formula is C13H19N3O5. The summed E-state index contributed by atoms with van der Waals surface area (Å²) in [7, 11) is 0. The Balaban J connectivity index is 2.33. The average Bonchev–Trinajstić information content (AvgIpc) is 2.93. The largest absolute Gasteiger partial charge is 0.475 e. The number of aromatic carboxylic acids is 1. The Morgan fingerprint density at radius 1 is 1.19 bits per heavy atom. The molecule has 0 saturated heterocycles. The third-order valence-corrected chi connectivity index (χ3v) is 2.81. The van der Waals surface area contributed by atoms with Gasteiger partial charge in [-0.2, -0.15) is 0 Å². The summed E-state index contributed by atoms with van der Waals surface area (Å²) < 4.78 is 4.98. The molecule has 0 saturated carbocycles. The van der Waals surface area contributed by atoms with Gasteiger partial charge in [-0.15, -0.1) is 0 Å². The molecule has 116 valence electrons. The maximum atomic E-state index is 11.7. The van der Waals surface area contributed by atoms with Crippen molar-refractivity contribution in [2.24, 2.45) is 0 Å². The SMILES string of the molecule is CCN(CC)C(=O)CNC(=O)NCc1ccc(C(=O)O)o1. The third kappa shape index (κ3) is 5.17. The van der Waals surface area contributed by atoms with Crippen LogP contribution in [0, 0.1) is 0 Å². The number of carbonyl (C=O) groups is 3. The molecule has 1 aromatic rings. The second kappa shape index (κ2) is 7.93. The molecule has 0 radical (unpaired) electrons. The highest BCUT2D eigenvalue weighted by Crippen LogP contribution is 2.07. The maximum absolute atomic E-state index is 11.7. The molecule has 3 N–H and O–H groups in total. The van der Waals surface area contributed by atoms with Crippen LogP contribution in [0.3, 0.4) is 0 Å². The molecule has 1 heterocycles. The van der Waals surface area contributed by atoms with E-state index < -0.39 is 12.0 Å². The smallest absolute Gasteiger partial charge is 0.371 e. The number of carboxylic acids is 1. The molecule has 8 nitrogen and oxygen atoms in total. The van der Waals surface area contributed by atoms with Gasteiger partial charge in [-0.3, -0.25) is 4.79 Å². The average molecular weight is 297 g/mol. The number of likely N-dealkylation sites (N-methyl/N-ethyl adjacent to an activating group) is 1. The lowest BCUT2D eigenvalue weighted by Gasteiger charge is -2.18. The summed E-state index contributed by atoms with van der Waals surface area (Å²) in [5, 5.41) is 13.6. The zero-order valence-electron chi connectivity index (χ0n) is 12.0. The first kappa shape index (κ1) is 16.5. The van der Waals surface area contributed by atoms with Gasteiger partial charge >= 0.3 is 12.0 Å². The van der Waals surface area contributed by atoms with Gasteiger partial charge in [0.1, 0.15) is 5.76 Å². The van der Waals surface area contributed by atoms with E-state index >= 15 is 0 Å². The Labute approximate surface area is 122 Å². The molecule has 1 aromatic heterocycles. The van der Waals surface area contributed by atoms with Crippen molar-refractivity contribution in [1.82, 2.24) is 15.5 Å². The first-order chi connectivity index (χ1) is 9.97. The molecule has 0 aliphatic rings. The lowest BCUT2D eigenvalue weighted by atomic mass is 10.4. The number of carbonyl (C=O) groups excluding carboxylic acids is 2. The van der Waals surface area contributed by atoms with E-state index in [0.717, 1.165) is 0 Å². The highest BCUT2D eigenvalue weighted by Gasteiger charge is 2.12. The number of urea groups is 1. The van der Waals surface area contributed by atoms with Gasteiger partial charge in [-0.25, -0.2) is 9.59 Å². The number of rotatable bonds is 7. The van der Waals surface area contributed by atoms with E-state index in [4.69, 9.17) is 9.52 Å². The van der Waals surface area contributed by atoms with Crippen molar-refractivity contribution < 1.29 is 23.9 Å². The van der Waals surface area contributed by atoms with Gasteiger partial charge in [0.15, 0.2) is 0 Å². The van der Waals surface area contributed by atoms with Crippen molar-refractivity contribution in [3.8, 4) is 0 Å². The maximum Gasteiger partial charge on any atom is 0.371 e. The Kier molecular flexibility index (Phi) is 6.25. The highest BCUT2D eigenvalue weighted by molar-refractivity contribution is 5.84. The molecule has 0 atom stereocenters. The van der Waals surface area contributed by atoms with Crippen LogP contribution in [0.25, 0.3) is 0 Å². The first-order valence-corrected chi connectivity index (χ1v) is 6.59. The molecule has 1 rings (SSSR count). The quantitative estimate of drug-likeness (QED) is 0.684. The van der Waals surface area contributed by atoms with E-state index in [1.807, 2.05) is 13.8 Å². The molecule has 0 spiro atoms. The van der Waals surface area contributed by atoms with Crippen LogP contribution < -0.4 is 10.6 Å². The van der Waals surface area contributed by atoms with Gasteiger partial charge in [0.25, 0.3) is 0 Å². The van der Waals surface area contributed by atoms with Gasteiger partial charge in [-0.05, 0) is 26.0 Å². The van der Waals surface area contributed by atoms with Crippen LogP contribution in [0.4, 0.5) is 4.79 Å². The number of furan rings is 1. The molecule has 0 aromatic carbocycles. The number of amides is 3. The standard InChI is InChI=1S/C13H19N3O5/c1-3-16(4-2)11(17)8-15-13(20)14-7-9-5-6-10(21-9)12(18)19/h5-6H,3-4,7-8H2,1-2H3,(H,18,19)(H2,14,15,20). The van der Waals surface area contributed by atoms with Crippen molar-refractivity contribution in [3.63, 3.8) is 0 Å². The molecule has 8 heteroatoms. The summed E-state index contributed by atoms with van der Waals surface area (Å²) in [5.41, 5.74) is 0. The van der Waals surface area contributed by atoms with Crippen molar-refractivity contribution in [2.75, 3.05) is 19.6 Å². The topological polar surface area (TPSA) is 112 Å². The van der Waals surface area contributed by atoms with Crippen LogP contribution >= 0.6 is 0 Å². The number of nitrogens with one attached hydrogen (secondary N) is 2. The summed E-state index contributed by atoms with van der Waals surface area (Å²) in [6.45, 7) is 4.84. The number of hydrogen-bond donors (Lipinski definition) is 3. The molecule has 0 bridgehead atoms.